The van der Waals surface area contributed by atoms with E-state index in [4.69, 9.17) is 9.47 Å². The third kappa shape index (κ3) is 6.25. The van der Waals surface area contributed by atoms with Crippen molar-refractivity contribution in [3.63, 3.8) is 0 Å². The molecule has 3 aromatic rings. The van der Waals surface area contributed by atoms with Crippen LogP contribution in [-0.2, 0) is 0 Å². The summed E-state index contributed by atoms with van der Waals surface area (Å²) in [5.41, 5.74) is 1.39. The maximum atomic E-state index is 14.1. The first kappa shape index (κ1) is 24.9. The number of benzene rings is 3. The topological polar surface area (TPSA) is 62.2 Å². The van der Waals surface area contributed by atoms with Crippen molar-refractivity contribution in [1.82, 2.24) is 4.90 Å². The van der Waals surface area contributed by atoms with Crippen molar-refractivity contribution >= 4 is 0 Å². The molecule has 35 heavy (non-hydrogen) atoms. The lowest BCUT2D eigenvalue weighted by Crippen LogP contribution is -2.25. The molecule has 2 aliphatic heterocycles. The van der Waals surface area contributed by atoms with Gasteiger partial charge in [-0.05, 0) is 66.8 Å². The van der Waals surface area contributed by atoms with Crippen LogP contribution in [-0.4, -0.2) is 48.0 Å². The fourth-order valence-electron chi connectivity index (χ4n) is 4.78. The molecule has 3 aromatic carbocycles. The molecule has 0 spiro atoms. The highest BCUT2D eigenvalue weighted by Gasteiger charge is 2.32. The van der Waals surface area contributed by atoms with Crippen LogP contribution < -0.4 is 9.47 Å². The van der Waals surface area contributed by atoms with Gasteiger partial charge in [0.25, 0.3) is 0 Å². The first-order valence-electron chi connectivity index (χ1n) is 12.3. The fourth-order valence-corrected chi connectivity index (χ4v) is 4.78. The van der Waals surface area contributed by atoms with Gasteiger partial charge in [-0.2, -0.15) is 0 Å². The third-order valence-corrected chi connectivity index (χ3v) is 6.85. The molecule has 186 valence electrons. The van der Waals surface area contributed by atoms with E-state index in [1.54, 1.807) is 18.2 Å². The number of aromatic hydroxyl groups is 2. The van der Waals surface area contributed by atoms with Crippen LogP contribution in [0.25, 0.3) is 0 Å². The van der Waals surface area contributed by atoms with E-state index in [0.717, 1.165) is 30.4 Å². The minimum atomic E-state index is -0.613. The summed E-state index contributed by atoms with van der Waals surface area (Å²) < 4.78 is 25.4. The average Bonchev–Trinajstić information content (AvgIpc) is 3.28. The number of phenols is 2. The van der Waals surface area contributed by atoms with Crippen LogP contribution in [0, 0.1) is 11.7 Å². The van der Waals surface area contributed by atoms with E-state index in [2.05, 4.69) is 11.8 Å². The highest BCUT2D eigenvalue weighted by Crippen LogP contribution is 2.45. The molecular weight excluding hydrogens is 445 g/mol. The molecule has 2 heterocycles. The molecule has 0 amide bonds. The molecule has 3 atom stereocenters. The van der Waals surface area contributed by atoms with Crippen molar-refractivity contribution in [2.75, 3.05) is 32.8 Å². The van der Waals surface area contributed by atoms with Crippen LogP contribution in [0.3, 0.4) is 0 Å². The average molecular weight is 480 g/mol. The largest absolute Gasteiger partial charge is 0.508 e. The summed E-state index contributed by atoms with van der Waals surface area (Å²) in [6, 6.07) is 19.8. The van der Waals surface area contributed by atoms with Gasteiger partial charge in [0.2, 0.25) is 0 Å². The van der Waals surface area contributed by atoms with Crippen LogP contribution in [0.2, 0.25) is 0 Å². The van der Waals surface area contributed by atoms with Crippen LogP contribution in [0.5, 0.6) is 23.0 Å². The van der Waals surface area contributed by atoms with E-state index in [0.29, 0.717) is 17.9 Å². The molecule has 0 unspecified atom stereocenters. The Hall–Kier alpha value is -3.25. The Morgan fingerprint density at radius 1 is 1.00 bits per heavy atom. The quantitative estimate of drug-likeness (QED) is 0.475. The van der Waals surface area contributed by atoms with Crippen molar-refractivity contribution in [3.8, 4) is 23.0 Å². The Morgan fingerprint density at radius 3 is 2.43 bits per heavy atom. The van der Waals surface area contributed by atoms with E-state index in [1.165, 1.54) is 25.6 Å². The number of halogens is 1. The summed E-state index contributed by atoms with van der Waals surface area (Å²) in [6.07, 6.45) is 1.34. The Kier molecular flexibility index (Phi) is 8.13. The number of likely N-dealkylation sites (tertiary alicyclic amines) is 1. The lowest BCUT2D eigenvalue weighted by atomic mass is 9.81. The summed E-state index contributed by atoms with van der Waals surface area (Å²) in [5.74, 6) is 1.43. The van der Waals surface area contributed by atoms with Gasteiger partial charge in [-0.25, -0.2) is 4.39 Å². The second-order valence-corrected chi connectivity index (χ2v) is 9.46. The number of hydrogen-bond acceptors (Lipinski definition) is 5. The molecular formula is C29H34FNO4. The predicted octanol–water partition coefficient (Wildman–Crippen LogP) is 5.92. The molecule has 0 bridgehead atoms. The minimum Gasteiger partial charge on any atom is -0.508 e. The summed E-state index contributed by atoms with van der Waals surface area (Å²) in [5, 5.41) is 18.9. The smallest absolute Gasteiger partial charge is 0.171 e. The zero-order chi connectivity index (χ0) is 24.8. The van der Waals surface area contributed by atoms with Gasteiger partial charge in [0, 0.05) is 24.6 Å². The highest BCUT2D eigenvalue weighted by atomic mass is 19.1. The first-order chi connectivity index (χ1) is 16.9. The number of phenolic OH excluding ortho intramolecular Hbond substituents is 2. The Bertz CT molecular complexity index is 1090. The van der Waals surface area contributed by atoms with Gasteiger partial charge in [0.05, 0.1) is 6.61 Å². The first-order valence-corrected chi connectivity index (χ1v) is 12.3. The molecule has 6 heteroatoms. The molecule has 5 nitrogen and oxygen atoms in total. The summed E-state index contributed by atoms with van der Waals surface area (Å²) in [7, 11) is 0. The van der Waals surface area contributed by atoms with Crippen LogP contribution >= 0.6 is 0 Å². The van der Waals surface area contributed by atoms with Crippen molar-refractivity contribution in [3.05, 3.63) is 83.7 Å². The van der Waals surface area contributed by atoms with E-state index in [1.807, 2.05) is 49.4 Å². The summed E-state index contributed by atoms with van der Waals surface area (Å²) >= 11 is 0. The lowest BCUT2D eigenvalue weighted by molar-refractivity contribution is 0.234. The molecule has 2 aliphatic rings. The molecule has 0 aliphatic carbocycles. The Balaban J connectivity index is 0.000000172. The number of fused-ring (bicyclic) bond motifs is 1. The maximum Gasteiger partial charge on any atom is 0.171 e. The minimum absolute atomic E-state index is 0.0144. The predicted molar refractivity (Wildman–Crippen MR) is 135 cm³/mol. The van der Waals surface area contributed by atoms with Crippen molar-refractivity contribution < 1.29 is 24.1 Å². The number of para-hydroxylation sites is 1. The normalized spacial score (nSPS) is 21.4. The molecule has 0 aromatic heterocycles. The van der Waals surface area contributed by atoms with Gasteiger partial charge in [0.15, 0.2) is 11.6 Å². The van der Waals surface area contributed by atoms with Crippen LogP contribution in [0.4, 0.5) is 4.39 Å². The third-order valence-electron chi connectivity index (χ3n) is 6.85. The van der Waals surface area contributed by atoms with Gasteiger partial charge < -0.3 is 19.7 Å². The second kappa shape index (κ2) is 11.5. The standard InChI is InChI=1S/C16H15FO3.C13H19NO/c1-9-12(10-2-4-11(18)5-3-10)8-20-14-7-6-13(19)16(17)15(9)14;1-12-7-8-14(11-12)9-10-15-13-5-3-2-4-6-13/h2-7,9,12,18-19H,8H2,1H3;2-6,12H,7-11H2,1H3/t9-,12+;12-/m00/s1. The molecule has 0 radical (unpaired) electrons. The van der Waals surface area contributed by atoms with Crippen molar-refractivity contribution in [1.29, 1.82) is 0 Å². The highest BCUT2D eigenvalue weighted by molar-refractivity contribution is 5.47. The van der Waals surface area contributed by atoms with Gasteiger partial charge >= 0.3 is 0 Å². The van der Waals surface area contributed by atoms with Gasteiger partial charge in [-0.15, -0.1) is 0 Å². The zero-order valence-electron chi connectivity index (χ0n) is 20.4. The van der Waals surface area contributed by atoms with Gasteiger partial charge in [0.1, 0.15) is 23.9 Å². The van der Waals surface area contributed by atoms with Crippen LogP contribution in [0.15, 0.2) is 66.7 Å². The molecule has 0 saturated carbocycles. The van der Waals surface area contributed by atoms with Crippen LogP contribution in [0.1, 0.15) is 43.2 Å². The van der Waals surface area contributed by atoms with E-state index in [9.17, 15) is 14.6 Å². The van der Waals surface area contributed by atoms with E-state index in [-0.39, 0.29) is 23.3 Å². The maximum absolute atomic E-state index is 14.1. The molecule has 5 rings (SSSR count). The Morgan fingerprint density at radius 2 is 1.74 bits per heavy atom. The van der Waals surface area contributed by atoms with E-state index < -0.39 is 5.82 Å². The summed E-state index contributed by atoms with van der Waals surface area (Å²) in [4.78, 5) is 2.48. The molecule has 2 N–H and O–H groups in total. The number of ether oxygens (including phenoxy) is 2. The Labute approximate surface area is 206 Å². The van der Waals surface area contributed by atoms with Gasteiger partial charge in [-0.1, -0.05) is 44.2 Å². The van der Waals surface area contributed by atoms with Gasteiger partial charge in [-0.3, -0.25) is 4.90 Å². The number of rotatable bonds is 5. The van der Waals surface area contributed by atoms with E-state index >= 15 is 0 Å². The molecule has 1 fully saturated rings. The molecule has 1 saturated heterocycles. The monoisotopic (exact) mass is 479 g/mol. The zero-order valence-corrected chi connectivity index (χ0v) is 20.4. The second-order valence-electron chi connectivity index (χ2n) is 9.46. The van der Waals surface area contributed by atoms with Crippen molar-refractivity contribution in [2.45, 2.75) is 32.1 Å². The van der Waals surface area contributed by atoms with Crippen molar-refractivity contribution in [2.24, 2.45) is 5.92 Å². The number of hydrogen-bond donors (Lipinski definition) is 2. The lowest BCUT2D eigenvalue weighted by Gasteiger charge is -2.32. The number of nitrogens with zero attached hydrogens (tertiary/aromatic N) is 1. The SMILES string of the molecule is C[C@@H]1c2c(ccc(O)c2F)OC[C@H]1c1ccc(O)cc1.C[C@H]1CCN(CCOc2ccccc2)C1. The summed E-state index contributed by atoms with van der Waals surface area (Å²) in [6.45, 7) is 9.01. The fraction of sp³-hybridized carbons (Fsp3) is 0.379.